The molecule has 1 unspecified atom stereocenters. The van der Waals surface area contributed by atoms with E-state index in [1.165, 1.54) is 0 Å². The largest absolute Gasteiger partial charge is 0.497 e. The molecular formula is C19H23NO4. The first-order chi connectivity index (χ1) is 11.4. The third-order valence-corrected chi connectivity index (χ3v) is 3.54. The minimum atomic E-state index is -0.641. The predicted octanol–water partition coefficient (Wildman–Crippen LogP) is 3.73. The second kappa shape index (κ2) is 7.73. The molecule has 0 fully saturated rings. The van der Waals surface area contributed by atoms with E-state index >= 15 is 0 Å². The highest BCUT2D eigenvalue weighted by Gasteiger charge is 2.17. The summed E-state index contributed by atoms with van der Waals surface area (Å²) in [5.41, 5.74) is 2.75. The summed E-state index contributed by atoms with van der Waals surface area (Å²) in [6, 6.07) is 11.1. The summed E-state index contributed by atoms with van der Waals surface area (Å²) >= 11 is 0. The van der Waals surface area contributed by atoms with Gasteiger partial charge in [-0.15, -0.1) is 0 Å². The molecule has 0 radical (unpaired) electrons. The molecule has 0 spiro atoms. The minimum Gasteiger partial charge on any atom is -0.497 e. The zero-order chi connectivity index (χ0) is 17.7. The highest BCUT2D eigenvalue weighted by atomic mass is 16.5. The number of hydrogen-bond acceptors (Lipinski definition) is 4. The van der Waals surface area contributed by atoms with E-state index in [9.17, 15) is 4.79 Å². The number of methoxy groups -OCH3 is 2. The number of amides is 1. The molecule has 0 aliphatic heterocycles. The second-order valence-electron chi connectivity index (χ2n) is 5.64. The molecule has 0 saturated carbocycles. The van der Waals surface area contributed by atoms with Gasteiger partial charge in [0.05, 0.1) is 19.9 Å². The van der Waals surface area contributed by atoms with Gasteiger partial charge in [0.15, 0.2) is 6.10 Å². The van der Waals surface area contributed by atoms with Crippen molar-refractivity contribution in [3.63, 3.8) is 0 Å². The van der Waals surface area contributed by atoms with Crippen LogP contribution in [0.3, 0.4) is 0 Å². The summed E-state index contributed by atoms with van der Waals surface area (Å²) < 4.78 is 16.2. The fourth-order valence-corrected chi connectivity index (χ4v) is 2.39. The number of carbonyl (C=O) groups excluding carboxylic acids is 1. The van der Waals surface area contributed by atoms with Gasteiger partial charge in [0.25, 0.3) is 5.91 Å². The third-order valence-electron chi connectivity index (χ3n) is 3.54. The molecule has 5 heteroatoms. The lowest BCUT2D eigenvalue weighted by molar-refractivity contribution is -0.122. The number of nitrogens with one attached hydrogen (secondary N) is 1. The summed E-state index contributed by atoms with van der Waals surface area (Å²) in [5, 5.41) is 2.82. The summed E-state index contributed by atoms with van der Waals surface area (Å²) in [4.78, 5) is 12.4. The molecular weight excluding hydrogens is 306 g/mol. The van der Waals surface area contributed by atoms with E-state index in [1.807, 2.05) is 26.0 Å². The van der Waals surface area contributed by atoms with Crippen molar-refractivity contribution in [2.75, 3.05) is 19.5 Å². The quantitative estimate of drug-likeness (QED) is 0.877. The maximum absolute atomic E-state index is 12.4. The van der Waals surface area contributed by atoms with Crippen molar-refractivity contribution in [2.24, 2.45) is 0 Å². The fraction of sp³-hybridized carbons (Fsp3) is 0.316. The van der Waals surface area contributed by atoms with E-state index < -0.39 is 6.10 Å². The van der Waals surface area contributed by atoms with E-state index in [0.29, 0.717) is 22.9 Å². The maximum atomic E-state index is 12.4. The second-order valence-corrected chi connectivity index (χ2v) is 5.64. The average molecular weight is 329 g/mol. The van der Waals surface area contributed by atoms with Gasteiger partial charge in [-0.25, -0.2) is 0 Å². The van der Waals surface area contributed by atoms with Gasteiger partial charge in [0.2, 0.25) is 0 Å². The predicted molar refractivity (Wildman–Crippen MR) is 94.2 cm³/mol. The first kappa shape index (κ1) is 17.7. The average Bonchev–Trinajstić information content (AvgIpc) is 2.54. The Morgan fingerprint density at radius 2 is 1.62 bits per heavy atom. The van der Waals surface area contributed by atoms with Crippen molar-refractivity contribution in [1.82, 2.24) is 0 Å². The van der Waals surface area contributed by atoms with Gasteiger partial charge < -0.3 is 19.5 Å². The lowest BCUT2D eigenvalue weighted by Gasteiger charge is -2.17. The zero-order valence-electron chi connectivity index (χ0n) is 14.7. The van der Waals surface area contributed by atoms with Crippen LogP contribution >= 0.6 is 0 Å². The Hall–Kier alpha value is -2.69. The number of anilines is 1. The molecule has 1 atom stereocenters. The smallest absolute Gasteiger partial charge is 0.265 e. The van der Waals surface area contributed by atoms with Crippen LogP contribution in [-0.2, 0) is 4.79 Å². The Balaban J connectivity index is 2.08. The van der Waals surface area contributed by atoms with Crippen LogP contribution in [0.4, 0.5) is 5.69 Å². The molecule has 0 saturated heterocycles. The number of hydrogen-bond donors (Lipinski definition) is 1. The van der Waals surface area contributed by atoms with Crippen LogP contribution in [0.5, 0.6) is 17.2 Å². The van der Waals surface area contributed by atoms with Crippen LogP contribution in [0.25, 0.3) is 0 Å². The van der Waals surface area contributed by atoms with Gasteiger partial charge in [0, 0.05) is 6.07 Å². The molecule has 1 N–H and O–H groups in total. The molecule has 0 aliphatic rings. The van der Waals surface area contributed by atoms with E-state index in [4.69, 9.17) is 14.2 Å². The summed E-state index contributed by atoms with van der Waals surface area (Å²) in [6.07, 6.45) is -0.641. The van der Waals surface area contributed by atoms with Crippen LogP contribution < -0.4 is 19.5 Å². The Bertz CT molecular complexity index is 707. The molecule has 2 aromatic carbocycles. The van der Waals surface area contributed by atoms with Gasteiger partial charge in [0.1, 0.15) is 17.2 Å². The SMILES string of the molecule is COc1ccc(NC(=O)C(C)Oc2cc(C)cc(C)c2)c(OC)c1. The summed E-state index contributed by atoms with van der Waals surface area (Å²) in [7, 11) is 3.12. The molecule has 0 aliphatic carbocycles. The van der Waals surface area contributed by atoms with Gasteiger partial charge in [-0.2, -0.15) is 0 Å². The summed E-state index contributed by atoms with van der Waals surface area (Å²) in [5.74, 6) is 1.61. The van der Waals surface area contributed by atoms with Crippen molar-refractivity contribution in [1.29, 1.82) is 0 Å². The number of aryl methyl sites for hydroxylation is 2. The van der Waals surface area contributed by atoms with Crippen molar-refractivity contribution in [3.05, 3.63) is 47.5 Å². The molecule has 128 valence electrons. The Morgan fingerprint density at radius 1 is 0.958 bits per heavy atom. The zero-order valence-corrected chi connectivity index (χ0v) is 14.7. The molecule has 0 aromatic heterocycles. The van der Waals surface area contributed by atoms with E-state index in [-0.39, 0.29) is 5.91 Å². The van der Waals surface area contributed by atoms with Crippen LogP contribution in [0.1, 0.15) is 18.1 Å². The fourth-order valence-electron chi connectivity index (χ4n) is 2.39. The van der Waals surface area contributed by atoms with Crippen molar-refractivity contribution in [3.8, 4) is 17.2 Å². The number of ether oxygens (including phenoxy) is 3. The molecule has 0 heterocycles. The monoisotopic (exact) mass is 329 g/mol. The Morgan fingerprint density at radius 3 is 2.21 bits per heavy atom. The standard InChI is InChI=1S/C19H23NO4/c1-12-8-13(2)10-16(9-12)24-14(3)19(21)20-17-7-6-15(22-4)11-18(17)23-5/h6-11,14H,1-5H3,(H,20,21). The van der Waals surface area contributed by atoms with Gasteiger partial charge in [-0.3, -0.25) is 4.79 Å². The maximum Gasteiger partial charge on any atom is 0.265 e. The number of carbonyl (C=O) groups is 1. The lowest BCUT2D eigenvalue weighted by atomic mass is 10.1. The highest BCUT2D eigenvalue weighted by Crippen LogP contribution is 2.29. The lowest BCUT2D eigenvalue weighted by Crippen LogP contribution is -2.30. The Labute approximate surface area is 142 Å². The molecule has 2 aromatic rings. The normalized spacial score (nSPS) is 11.5. The van der Waals surface area contributed by atoms with Gasteiger partial charge >= 0.3 is 0 Å². The third kappa shape index (κ3) is 4.41. The molecule has 0 bridgehead atoms. The first-order valence-electron chi connectivity index (χ1n) is 7.70. The minimum absolute atomic E-state index is 0.252. The van der Waals surface area contributed by atoms with Crippen LogP contribution in [-0.4, -0.2) is 26.2 Å². The van der Waals surface area contributed by atoms with Crippen LogP contribution in [0.2, 0.25) is 0 Å². The summed E-state index contributed by atoms with van der Waals surface area (Å²) in [6.45, 7) is 5.70. The number of rotatable bonds is 6. The Kier molecular flexibility index (Phi) is 5.68. The van der Waals surface area contributed by atoms with Crippen molar-refractivity contribution < 1.29 is 19.0 Å². The van der Waals surface area contributed by atoms with Gasteiger partial charge in [-0.05, 0) is 56.2 Å². The number of benzene rings is 2. The molecule has 2 rings (SSSR count). The molecule has 5 nitrogen and oxygen atoms in total. The van der Waals surface area contributed by atoms with E-state index in [1.54, 1.807) is 39.3 Å². The van der Waals surface area contributed by atoms with Crippen LogP contribution in [0.15, 0.2) is 36.4 Å². The van der Waals surface area contributed by atoms with E-state index in [0.717, 1.165) is 11.1 Å². The van der Waals surface area contributed by atoms with Crippen molar-refractivity contribution in [2.45, 2.75) is 26.9 Å². The first-order valence-corrected chi connectivity index (χ1v) is 7.70. The topological polar surface area (TPSA) is 56.8 Å². The van der Waals surface area contributed by atoms with Crippen LogP contribution in [0, 0.1) is 13.8 Å². The highest BCUT2D eigenvalue weighted by molar-refractivity contribution is 5.95. The molecule has 24 heavy (non-hydrogen) atoms. The van der Waals surface area contributed by atoms with Crippen molar-refractivity contribution >= 4 is 11.6 Å². The van der Waals surface area contributed by atoms with Gasteiger partial charge in [-0.1, -0.05) is 6.07 Å². The van der Waals surface area contributed by atoms with E-state index in [2.05, 4.69) is 11.4 Å². The molecule has 1 amide bonds.